The Kier molecular flexibility index (Phi) is 7.50. The van der Waals surface area contributed by atoms with Crippen molar-refractivity contribution < 1.29 is 9.59 Å². The van der Waals surface area contributed by atoms with Crippen LogP contribution in [0.3, 0.4) is 0 Å². The summed E-state index contributed by atoms with van der Waals surface area (Å²) in [6, 6.07) is 3.31. The van der Waals surface area contributed by atoms with E-state index in [1.54, 1.807) is 12.1 Å². The molecular weight excluding hydrogens is 284 g/mol. The van der Waals surface area contributed by atoms with E-state index in [9.17, 15) is 9.59 Å². The quantitative estimate of drug-likeness (QED) is 0.506. The predicted molar refractivity (Wildman–Crippen MR) is 82.2 cm³/mol. The number of unbranched alkanes of at least 4 members (excludes halogenated alkanes) is 5. The Morgan fingerprint density at radius 3 is 2.24 bits per heavy atom. The van der Waals surface area contributed by atoms with Gasteiger partial charge < -0.3 is 0 Å². The van der Waals surface area contributed by atoms with Crippen LogP contribution in [0.4, 0.5) is 0 Å². The number of thioether (sulfide) groups is 1. The Labute approximate surface area is 129 Å². The Balaban J connectivity index is 2.48. The Bertz CT molecular complexity index is 562. The second-order valence-electron chi connectivity index (χ2n) is 4.79. The van der Waals surface area contributed by atoms with Gasteiger partial charge >= 0.3 is 0 Å². The molecule has 0 fully saturated rings. The smallest absolute Gasteiger partial charge is 0.211 e. The van der Waals surface area contributed by atoms with Gasteiger partial charge in [-0.15, -0.1) is 11.8 Å². The summed E-state index contributed by atoms with van der Waals surface area (Å²) >= 11 is 1.30. The first-order valence-electron chi connectivity index (χ1n) is 7.13. The van der Waals surface area contributed by atoms with Crippen LogP contribution in [0, 0.1) is 22.7 Å². The van der Waals surface area contributed by atoms with Gasteiger partial charge in [-0.25, -0.2) is 0 Å². The van der Waals surface area contributed by atoms with Gasteiger partial charge in [-0.05, 0) is 12.2 Å². The zero-order valence-corrected chi connectivity index (χ0v) is 13.0. The van der Waals surface area contributed by atoms with Crippen LogP contribution < -0.4 is 0 Å². The second-order valence-corrected chi connectivity index (χ2v) is 5.93. The molecule has 21 heavy (non-hydrogen) atoms. The summed E-state index contributed by atoms with van der Waals surface area (Å²) in [7, 11) is 0. The van der Waals surface area contributed by atoms with E-state index in [0.29, 0.717) is 0 Å². The molecule has 5 heteroatoms. The van der Waals surface area contributed by atoms with Crippen molar-refractivity contribution in [2.75, 3.05) is 5.75 Å². The molecule has 0 aromatic rings. The zero-order chi connectivity index (χ0) is 15.7. The molecule has 0 radical (unpaired) electrons. The van der Waals surface area contributed by atoms with Gasteiger partial charge in [0.1, 0.15) is 23.3 Å². The molecule has 0 N–H and O–H groups in total. The third-order valence-electron chi connectivity index (χ3n) is 3.19. The number of carbonyl (C=O) groups excluding carboxylic acids is 2. The van der Waals surface area contributed by atoms with Crippen molar-refractivity contribution in [3.8, 4) is 12.1 Å². The molecule has 0 atom stereocenters. The number of hydrogen-bond donors (Lipinski definition) is 0. The average molecular weight is 302 g/mol. The van der Waals surface area contributed by atoms with Crippen molar-refractivity contribution in [2.45, 2.75) is 45.4 Å². The molecular formula is C16H18N2O2S. The van der Waals surface area contributed by atoms with Crippen LogP contribution in [-0.4, -0.2) is 17.3 Å². The number of nitriles is 2. The van der Waals surface area contributed by atoms with Gasteiger partial charge in [0.05, 0.1) is 4.91 Å². The minimum Gasteiger partial charge on any atom is -0.288 e. The Morgan fingerprint density at radius 2 is 1.62 bits per heavy atom. The summed E-state index contributed by atoms with van der Waals surface area (Å²) in [6.07, 6.45) is 8.14. The molecule has 0 saturated carbocycles. The van der Waals surface area contributed by atoms with Gasteiger partial charge in [0.2, 0.25) is 5.78 Å². The van der Waals surface area contributed by atoms with E-state index >= 15 is 0 Å². The molecule has 1 aliphatic carbocycles. The van der Waals surface area contributed by atoms with Gasteiger partial charge in [-0.3, -0.25) is 9.59 Å². The Morgan fingerprint density at radius 1 is 1.00 bits per heavy atom. The lowest BCUT2D eigenvalue weighted by atomic mass is 9.97. The summed E-state index contributed by atoms with van der Waals surface area (Å²) < 4.78 is 0. The number of nitrogens with zero attached hydrogens (tertiary/aromatic N) is 2. The number of hydrogen-bond acceptors (Lipinski definition) is 5. The van der Waals surface area contributed by atoms with Gasteiger partial charge in [0, 0.05) is 6.08 Å². The molecule has 0 heterocycles. The van der Waals surface area contributed by atoms with Gasteiger partial charge in [-0.2, -0.15) is 10.5 Å². The lowest BCUT2D eigenvalue weighted by Gasteiger charge is -2.10. The van der Waals surface area contributed by atoms with Crippen LogP contribution in [-0.2, 0) is 9.59 Å². The van der Waals surface area contributed by atoms with E-state index in [4.69, 9.17) is 10.5 Å². The summed E-state index contributed by atoms with van der Waals surface area (Å²) in [6.45, 7) is 2.17. The molecule has 1 aliphatic rings. The minimum absolute atomic E-state index is 0.282. The van der Waals surface area contributed by atoms with Gasteiger partial charge in [0.15, 0.2) is 5.78 Å². The van der Waals surface area contributed by atoms with E-state index in [0.717, 1.165) is 18.6 Å². The van der Waals surface area contributed by atoms with E-state index in [2.05, 4.69) is 6.92 Å². The fourth-order valence-electron chi connectivity index (χ4n) is 2.01. The van der Waals surface area contributed by atoms with Crippen molar-refractivity contribution in [3.63, 3.8) is 0 Å². The Hall–Kier alpha value is -1.85. The first-order chi connectivity index (χ1) is 10.2. The zero-order valence-electron chi connectivity index (χ0n) is 12.1. The summed E-state index contributed by atoms with van der Waals surface area (Å²) in [5.41, 5.74) is -0.665. The second kappa shape index (κ2) is 9.15. The van der Waals surface area contributed by atoms with Crippen molar-refractivity contribution in [2.24, 2.45) is 0 Å². The fourth-order valence-corrected chi connectivity index (χ4v) is 3.00. The lowest BCUT2D eigenvalue weighted by Crippen LogP contribution is -2.16. The predicted octanol–water partition coefficient (Wildman–Crippen LogP) is 3.46. The van der Waals surface area contributed by atoms with Crippen LogP contribution in [0.25, 0.3) is 0 Å². The summed E-state index contributed by atoms with van der Waals surface area (Å²) in [5.74, 6) is -0.291. The molecule has 0 unspecified atom stereocenters. The highest BCUT2D eigenvalue weighted by Gasteiger charge is 2.28. The third-order valence-corrected chi connectivity index (χ3v) is 4.30. The van der Waals surface area contributed by atoms with E-state index in [1.165, 1.54) is 43.5 Å². The van der Waals surface area contributed by atoms with E-state index in [-0.39, 0.29) is 16.1 Å². The fraction of sp³-hybridized carbons (Fsp3) is 0.500. The van der Waals surface area contributed by atoms with Crippen molar-refractivity contribution >= 4 is 23.3 Å². The molecule has 110 valence electrons. The third kappa shape index (κ3) is 4.88. The average Bonchev–Trinajstić information content (AvgIpc) is 2.48. The number of rotatable bonds is 8. The molecule has 0 aliphatic heterocycles. The van der Waals surface area contributed by atoms with Crippen molar-refractivity contribution in [3.05, 3.63) is 22.1 Å². The molecule has 0 amide bonds. The van der Waals surface area contributed by atoms with E-state index in [1.807, 2.05) is 0 Å². The van der Waals surface area contributed by atoms with Crippen molar-refractivity contribution in [1.82, 2.24) is 0 Å². The van der Waals surface area contributed by atoms with E-state index < -0.39 is 11.6 Å². The van der Waals surface area contributed by atoms with Gasteiger partial charge in [0.25, 0.3) is 0 Å². The molecule has 1 rings (SSSR count). The highest BCUT2D eigenvalue weighted by Crippen LogP contribution is 2.27. The van der Waals surface area contributed by atoms with Crippen LogP contribution >= 0.6 is 11.8 Å². The first-order valence-corrected chi connectivity index (χ1v) is 8.12. The van der Waals surface area contributed by atoms with Crippen LogP contribution in [0.5, 0.6) is 0 Å². The highest BCUT2D eigenvalue weighted by molar-refractivity contribution is 8.04. The number of Topliss-reactive ketones (excluding diaryl/α,β-unsaturated/α-hetero) is 1. The highest BCUT2D eigenvalue weighted by atomic mass is 32.2. The monoisotopic (exact) mass is 302 g/mol. The maximum absolute atomic E-state index is 12.0. The lowest BCUT2D eigenvalue weighted by molar-refractivity contribution is -0.114. The molecule has 0 aromatic heterocycles. The van der Waals surface area contributed by atoms with Crippen molar-refractivity contribution in [1.29, 1.82) is 10.5 Å². The number of carbonyl (C=O) groups is 2. The SMILES string of the molecule is CCCCCCCCSC1=CC(=O)C(C#N)=C(C#N)C1=O. The first kappa shape index (κ1) is 17.2. The topological polar surface area (TPSA) is 81.7 Å². The van der Waals surface area contributed by atoms with Crippen LogP contribution in [0.2, 0.25) is 0 Å². The summed E-state index contributed by atoms with van der Waals surface area (Å²) in [5, 5.41) is 17.7. The summed E-state index contributed by atoms with van der Waals surface area (Å²) in [4.78, 5) is 24.0. The number of allylic oxidation sites excluding steroid dienone is 4. The molecule has 0 aromatic carbocycles. The van der Waals surface area contributed by atoms with Crippen LogP contribution in [0.1, 0.15) is 45.4 Å². The maximum atomic E-state index is 12.0. The largest absolute Gasteiger partial charge is 0.288 e. The number of ketones is 2. The molecule has 0 saturated heterocycles. The molecule has 4 nitrogen and oxygen atoms in total. The molecule has 0 bridgehead atoms. The molecule has 0 spiro atoms. The van der Waals surface area contributed by atoms with Crippen LogP contribution in [0.15, 0.2) is 22.1 Å². The minimum atomic E-state index is -0.543. The maximum Gasteiger partial charge on any atom is 0.211 e. The standard InChI is InChI=1S/C16H18N2O2S/c1-2-3-4-5-6-7-8-21-15-9-14(19)12(10-17)13(11-18)16(15)20/h9H,2-8H2,1H3. The normalized spacial score (nSPS) is 14.7. The van der Waals surface area contributed by atoms with Gasteiger partial charge in [-0.1, -0.05) is 39.0 Å².